The van der Waals surface area contributed by atoms with Gasteiger partial charge in [-0.15, -0.1) is 0 Å². The molecule has 1 heterocycles. The molecular formula is C19H16ClNO3S. The summed E-state index contributed by atoms with van der Waals surface area (Å²) in [5, 5.41) is 0.338. The van der Waals surface area contributed by atoms with E-state index in [9.17, 15) is 9.59 Å². The standard InChI is InChI=1S/C19H16ClNO3S/c1-2-24-16-6-4-3-5-14(16)11-17-18(22)21(19(23)25-17)12-13-7-9-15(20)10-8-13/h3-11H,2,12H2,1H3/b17-11+. The van der Waals surface area contributed by atoms with Gasteiger partial charge in [0.15, 0.2) is 0 Å². The van der Waals surface area contributed by atoms with Crippen molar-refractivity contribution in [1.29, 1.82) is 0 Å². The largest absolute Gasteiger partial charge is 0.493 e. The Morgan fingerprint density at radius 2 is 1.84 bits per heavy atom. The highest BCUT2D eigenvalue weighted by atomic mass is 35.5. The van der Waals surface area contributed by atoms with Crippen LogP contribution in [-0.4, -0.2) is 22.7 Å². The molecule has 0 unspecified atom stereocenters. The Kier molecular flexibility index (Phi) is 5.46. The minimum Gasteiger partial charge on any atom is -0.493 e. The van der Waals surface area contributed by atoms with Crippen molar-refractivity contribution in [2.75, 3.05) is 6.61 Å². The second-order valence-corrected chi connectivity index (χ2v) is 6.79. The van der Waals surface area contributed by atoms with Crippen LogP contribution >= 0.6 is 23.4 Å². The molecule has 3 rings (SSSR count). The van der Waals surface area contributed by atoms with E-state index in [1.54, 1.807) is 30.3 Å². The van der Waals surface area contributed by atoms with Crippen molar-refractivity contribution in [3.05, 3.63) is 69.6 Å². The maximum Gasteiger partial charge on any atom is 0.293 e. The van der Waals surface area contributed by atoms with Gasteiger partial charge in [-0.3, -0.25) is 14.5 Å². The third kappa shape index (κ3) is 4.06. The third-order valence-electron chi connectivity index (χ3n) is 3.63. The number of ether oxygens (including phenoxy) is 1. The smallest absolute Gasteiger partial charge is 0.293 e. The van der Waals surface area contributed by atoms with Crippen molar-refractivity contribution in [1.82, 2.24) is 4.90 Å². The minimum atomic E-state index is -0.295. The molecule has 0 spiro atoms. The SMILES string of the molecule is CCOc1ccccc1/C=C1/SC(=O)N(Cc2ccc(Cl)cc2)C1=O. The lowest BCUT2D eigenvalue weighted by Gasteiger charge is -2.12. The van der Waals surface area contributed by atoms with Crippen molar-refractivity contribution in [2.45, 2.75) is 13.5 Å². The van der Waals surface area contributed by atoms with Gasteiger partial charge < -0.3 is 4.74 Å². The van der Waals surface area contributed by atoms with E-state index < -0.39 is 0 Å². The van der Waals surface area contributed by atoms with Gasteiger partial charge in [0, 0.05) is 10.6 Å². The number of hydrogen-bond donors (Lipinski definition) is 0. The molecule has 1 aliphatic heterocycles. The van der Waals surface area contributed by atoms with Crippen molar-refractivity contribution in [3.8, 4) is 5.75 Å². The number of thioether (sulfide) groups is 1. The van der Waals surface area contributed by atoms with E-state index in [-0.39, 0.29) is 17.7 Å². The second kappa shape index (κ2) is 7.76. The molecule has 25 heavy (non-hydrogen) atoms. The summed E-state index contributed by atoms with van der Waals surface area (Å²) in [4.78, 5) is 26.5. The van der Waals surface area contributed by atoms with E-state index in [0.29, 0.717) is 22.3 Å². The van der Waals surface area contributed by atoms with Crippen LogP contribution in [0.25, 0.3) is 6.08 Å². The number of benzene rings is 2. The number of nitrogens with zero attached hydrogens (tertiary/aromatic N) is 1. The maximum atomic E-state index is 12.6. The van der Waals surface area contributed by atoms with Crippen LogP contribution in [-0.2, 0) is 11.3 Å². The molecule has 0 atom stereocenters. The van der Waals surface area contributed by atoms with Crippen LogP contribution in [0.5, 0.6) is 5.75 Å². The van der Waals surface area contributed by atoms with Gasteiger partial charge in [-0.25, -0.2) is 0 Å². The number of amides is 2. The van der Waals surface area contributed by atoms with E-state index in [2.05, 4.69) is 0 Å². The number of imide groups is 1. The zero-order valence-corrected chi connectivity index (χ0v) is 15.1. The highest BCUT2D eigenvalue weighted by Crippen LogP contribution is 2.34. The molecule has 1 saturated heterocycles. The van der Waals surface area contributed by atoms with E-state index in [4.69, 9.17) is 16.3 Å². The first kappa shape index (κ1) is 17.6. The topological polar surface area (TPSA) is 46.6 Å². The Morgan fingerprint density at radius 3 is 2.56 bits per heavy atom. The first-order chi connectivity index (χ1) is 12.1. The van der Waals surface area contributed by atoms with Crippen molar-refractivity contribution in [2.24, 2.45) is 0 Å². The molecule has 0 N–H and O–H groups in total. The average Bonchev–Trinajstić information content (AvgIpc) is 2.86. The molecule has 0 bridgehead atoms. The highest BCUT2D eigenvalue weighted by molar-refractivity contribution is 8.18. The molecule has 1 aliphatic rings. The monoisotopic (exact) mass is 373 g/mol. The summed E-state index contributed by atoms with van der Waals surface area (Å²) in [7, 11) is 0. The second-order valence-electron chi connectivity index (χ2n) is 5.37. The molecule has 2 aromatic rings. The third-order valence-corrected chi connectivity index (χ3v) is 4.79. The molecule has 4 nitrogen and oxygen atoms in total. The number of hydrogen-bond acceptors (Lipinski definition) is 4. The maximum absolute atomic E-state index is 12.6. The molecule has 0 saturated carbocycles. The first-order valence-corrected chi connectivity index (χ1v) is 8.99. The van der Waals surface area contributed by atoms with Crippen LogP contribution in [0.3, 0.4) is 0 Å². The number of carbonyl (C=O) groups excluding carboxylic acids is 2. The molecule has 0 radical (unpaired) electrons. The predicted molar refractivity (Wildman–Crippen MR) is 101 cm³/mol. The number of halogens is 1. The number of para-hydroxylation sites is 1. The quantitative estimate of drug-likeness (QED) is 0.694. The summed E-state index contributed by atoms with van der Waals surface area (Å²) in [6, 6.07) is 14.5. The van der Waals surface area contributed by atoms with Crippen molar-refractivity contribution < 1.29 is 14.3 Å². The summed E-state index contributed by atoms with van der Waals surface area (Å²) in [5.74, 6) is 0.394. The molecular weight excluding hydrogens is 358 g/mol. The molecule has 2 aromatic carbocycles. The van der Waals surface area contributed by atoms with Gasteiger partial charge in [0.05, 0.1) is 18.1 Å². The fourth-order valence-electron chi connectivity index (χ4n) is 2.44. The Balaban J connectivity index is 1.82. The van der Waals surface area contributed by atoms with Crippen molar-refractivity contribution in [3.63, 3.8) is 0 Å². The fraction of sp³-hybridized carbons (Fsp3) is 0.158. The summed E-state index contributed by atoms with van der Waals surface area (Å²) in [6.07, 6.45) is 1.71. The predicted octanol–water partition coefficient (Wildman–Crippen LogP) is 4.98. The van der Waals surface area contributed by atoms with E-state index in [1.165, 1.54) is 4.90 Å². The van der Waals surface area contributed by atoms with Gasteiger partial charge in [-0.1, -0.05) is 41.9 Å². The normalized spacial score (nSPS) is 15.9. The first-order valence-electron chi connectivity index (χ1n) is 7.80. The number of rotatable bonds is 5. The van der Waals surface area contributed by atoms with E-state index in [0.717, 1.165) is 22.9 Å². The van der Waals surface area contributed by atoms with Gasteiger partial charge in [0.2, 0.25) is 0 Å². The van der Waals surface area contributed by atoms with E-state index in [1.807, 2.05) is 31.2 Å². The average molecular weight is 374 g/mol. The minimum absolute atomic E-state index is 0.228. The lowest BCUT2D eigenvalue weighted by molar-refractivity contribution is -0.123. The summed E-state index contributed by atoms with van der Waals surface area (Å²) in [6.45, 7) is 2.66. The van der Waals surface area contributed by atoms with Crippen LogP contribution in [0.1, 0.15) is 18.1 Å². The fourth-order valence-corrected chi connectivity index (χ4v) is 3.39. The van der Waals surface area contributed by atoms with Gasteiger partial charge in [-0.2, -0.15) is 0 Å². The van der Waals surface area contributed by atoms with Crippen LogP contribution in [0.15, 0.2) is 53.4 Å². The Labute approximate surface area is 155 Å². The molecule has 2 amide bonds. The molecule has 6 heteroatoms. The molecule has 0 aromatic heterocycles. The van der Waals surface area contributed by atoms with Gasteiger partial charge in [0.1, 0.15) is 5.75 Å². The Morgan fingerprint density at radius 1 is 1.12 bits per heavy atom. The van der Waals surface area contributed by atoms with Crippen LogP contribution in [0.2, 0.25) is 5.02 Å². The van der Waals surface area contributed by atoms with Gasteiger partial charge in [0.25, 0.3) is 11.1 Å². The van der Waals surface area contributed by atoms with E-state index >= 15 is 0 Å². The zero-order chi connectivity index (χ0) is 17.8. The van der Waals surface area contributed by atoms with Crippen LogP contribution in [0, 0.1) is 0 Å². The Bertz CT molecular complexity index is 833. The zero-order valence-electron chi connectivity index (χ0n) is 13.6. The van der Waals surface area contributed by atoms with Crippen LogP contribution < -0.4 is 4.74 Å². The number of carbonyl (C=O) groups is 2. The molecule has 1 fully saturated rings. The highest BCUT2D eigenvalue weighted by Gasteiger charge is 2.35. The van der Waals surface area contributed by atoms with Crippen molar-refractivity contribution >= 4 is 40.6 Å². The van der Waals surface area contributed by atoms with Crippen LogP contribution in [0.4, 0.5) is 4.79 Å². The molecule has 128 valence electrons. The Hall–Kier alpha value is -2.24. The summed E-state index contributed by atoms with van der Waals surface area (Å²) >= 11 is 6.81. The van der Waals surface area contributed by atoms with Gasteiger partial charge >= 0.3 is 0 Å². The summed E-state index contributed by atoms with van der Waals surface area (Å²) in [5.41, 5.74) is 1.63. The lowest BCUT2D eigenvalue weighted by atomic mass is 10.1. The summed E-state index contributed by atoms with van der Waals surface area (Å²) < 4.78 is 5.57. The molecule has 0 aliphatic carbocycles. The lowest BCUT2D eigenvalue weighted by Crippen LogP contribution is -2.27. The van der Waals surface area contributed by atoms with Gasteiger partial charge in [-0.05, 0) is 48.5 Å².